The Morgan fingerprint density at radius 2 is 2.14 bits per heavy atom. The van der Waals surface area contributed by atoms with Crippen molar-refractivity contribution in [3.8, 4) is 5.75 Å². The molecule has 0 radical (unpaired) electrons. The molecule has 1 aliphatic rings. The van der Waals surface area contributed by atoms with E-state index in [1.54, 1.807) is 6.92 Å². The predicted molar refractivity (Wildman–Crippen MR) is 78.0 cm³/mol. The van der Waals surface area contributed by atoms with E-state index in [4.69, 9.17) is 9.47 Å². The number of amides is 1. The van der Waals surface area contributed by atoms with E-state index in [1.165, 1.54) is 7.11 Å². The molecule has 1 N–H and O–H groups in total. The van der Waals surface area contributed by atoms with E-state index >= 15 is 0 Å². The number of rotatable bonds is 5. The predicted octanol–water partition coefficient (Wildman–Crippen LogP) is 1.84. The fourth-order valence-corrected chi connectivity index (χ4v) is 2.62. The van der Waals surface area contributed by atoms with Crippen molar-refractivity contribution in [2.45, 2.75) is 44.8 Å². The molecule has 2 rings (SSSR count). The molecule has 0 aliphatic carbocycles. The molecule has 0 fully saturated rings. The smallest absolute Gasteiger partial charge is 0.331 e. The third-order valence-corrected chi connectivity index (χ3v) is 3.72. The molecule has 0 bridgehead atoms. The fraction of sp³-hybridized carbons (Fsp3) is 0.500. The summed E-state index contributed by atoms with van der Waals surface area (Å²) >= 11 is 0. The van der Waals surface area contributed by atoms with Crippen molar-refractivity contribution in [2.24, 2.45) is 0 Å². The largest absolute Gasteiger partial charge is 0.480 e. The van der Waals surface area contributed by atoms with Crippen LogP contribution in [0.25, 0.3) is 0 Å². The summed E-state index contributed by atoms with van der Waals surface area (Å²) in [5, 5.41) is 2.78. The Bertz CT molecular complexity index is 518. The van der Waals surface area contributed by atoms with E-state index in [1.807, 2.05) is 31.2 Å². The van der Waals surface area contributed by atoms with Crippen molar-refractivity contribution >= 4 is 11.9 Å². The van der Waals surface area contributed by atoms with E-state index in [-0.39, 0.29) is 5.91 Å². The summed E-state index contributed by atoms with van der Waals surface area (Å²) in [7, 11) is 1.32. The van der Waals surface area contributed by atoms with E-state index in [9.17, 15) is 9.59 Å². The monoisotopic (exact) mass is 291 g/mol. The number of hydrogen-bond acceptors (Lipinski definition) is 4. The van der Waals surface area contributed by atoms with Crippen LogP contribution in [0.2, 0.25) is 0 Å². The molecule has 114 valence electrons. The van der Waals surface area contributed by atoms with Gasteiger partial charge in [0.2, 0.25) is 0 Å². The van der Waals surface area contributed by atoms with Gasteiger partial charge in [0, 0.05) is 6.42 Å². The molecule has 1 aromatic rings. The molecule has 5 nitrogen and oxygen atoms in total. The second-order valence-electron chi connectivity index (χ2n) is 5.48. The van der Waals surface area contributed by atoms with Gasteiger partial charge in [0.05, 0.1) is 7.11 Å². The van der Waals surface area contributed by atoms with Crippen molar-refractivity contribution in [2.75, 3.05) is 7.11 Å². The molecule has 0 saturated heterocycles. The minimum Gasteiger partial charge on any atom is -0.480 e. The summed E-state index contributed by atoms with van der Waals surface area (Å²) in [5.74, 6) is 0.00803. The molecule has 0 spiro atoms. The van der Waals surface area contributed by atoms with Crippen molar-refractivity contribution < 1.29 is 19.1 Å². The number of esters is 1. The first-order valence-corrected chi connectivity index (χ1v) is 7.15. The van der Waals surface area contributed by atoms with Crippen LogP contribution in [0.1, 0.15) is 32.3 Å². The molecule has 1 aliphatic heterocycles. The van der Waals surface area contributed by atoms with Gasteiger partial charge in [-0.25, -0.2) is 4.79 Å². The van der Waals surface area contributed by atoms with Crippen LogP contribution in [-0.2, 0) is 20.7 Å². The van der Waals surface area contributed by atoms with Gasteiger partial charge in [0.25, 0.3) is 5.91 Å². The Labute approximate surface area is 124 Å². The summed E-state index contributed by atoms with van der Waals surface area (Å²) < 4.78 is 10.4. The normalized spacial score (nSPS) is 19.1. The first-order chi connectivity index (χ1) is 10.00. The number of carbonyl (C=O) groups is 2. The third-order valence-electron chi connectivity index (χ3n) is 3.72. The van der Waals surface area contributed by atoms with Gasteiger partial charge in [-0.1, -0.05) is 31.5 Å². The number of ether oxygens (including phenoxy) is 2. The van der Waals surface area contributed by atoms with E-state index < -0.39 is 17.6 Å². The van der Waals surface area contributed by atoms with Crippen molar-refractivity contribution in [3.05, 3.63) is 29.8 Å². The molecular weight excluding hydrogens is 270 g/mol. The highest BCUT2D eigenvalue weighted by Gasteiger charge is 2.39. The van der Waals surface area contributed by atoms with Crippen LogP contribution in [0, 0.1) is 0 Å². The minimum atomic E-state index is -1.02. The SMILES string of the molecule is CCCC(C)(NC(=O)C1Cc2ccccc2O1)C(=O)OC. The summed E-state index contributed by atoms with van der Waals surface area (Å²) in [5.41, 5.74) is -0.00783. The lowest BCUT2D eigenvalue weighted by atomic mass is 9.95. The highest BCUT2D eigenvalue weighted by Crippen LogP contribution is 2.28. The molecular formula is C16H21NO4. The Hall–Kier alpha value is -2.04. The van der Waals surface area contributed by atoms with E-state index in [0.717, 1.165) is 17.7 Å². The highest BCUT2D eigenvalue weighted by atomic mass is 16.5. The van der Waals surface area contributed by atoms with Gasteiger partial charge in [-0.15, -0.1) is 0 Å². The lowest BCUT2D eigenvalue weighted by Gasteiger charge is -2.28. The molecule has 0 saturated carbocycles. The summed E-state index contributed by atoms with van der Waals surface area (Å²) in [6.45, 7) is 3.64. The zero-order valence-corrected chi connectivity index (χ0v) is 12.6. The zero-order chi connectivity index (χ0) is 15.5. The Balaban J connectivity index is 2.06. The van der Waals surface area contributed by atoms with Crippen LogP contribution < -0.4 is 10.1 Å². The van der Waals surface area contributed by atoms with E-state index in [2.05, 4.69) is 5.32 Å². The first-order valence-electron chi connectivity index (χ1n) is 7.15. The Kier molecular flexibility index (Phi) is 4.50. The van der Waals surface area contributed by atoms with Gasteiger partial charge in [-0.05, 0) is 25.0 Å². The van der Waals surface area contributed by atoms with Crippen molar-refractivity contribution in [1.82, 2.24) is 5.32 Å². The highest BCUT2D eigenvalue weighted by molar-refractivity contribution is 5.90. The van der Waals surface area contributed by atoms with Crippen molar-refractivity contribution in [1.29, 1.82) is 0 Å². The number of methoxy groups -OCH3 is 1. The standard InChI is InChI=1S/C16H21NO4/c1-4-9-16(2,15(19)20-3)17-14(18)13-10-11-7-5-6-8-12(11)21-13/h5-8,13H,4,9-10H2,1-3H3,(H,17,18). The van der Waals surface area contributed by atoms with Crippen LogP contribution >= 0.6 is 0 Å². The molecule has 1 aromatic carbocycles. The van der Waals surface area contributed by atoms with Gasteiger partial charge < -0.3 is 14.8 Å². The van der Waals surface area contributed by atoms with Crippen LogP contribution in [0.15, 0.2) is 24.3 Å². The molecule has 2 unspecified atom stereocenters. The second kappa shape index (κ2) is 6.16. The molecule has 21 heavy (non-hydrogen) atoms. The lowest BCUT2D eigenvalue weighted by Crippen LogP contribution is -2.56. The average molecular weight is 291 g/mol. The number of nitrogens with one attached hydrogen (secondary N) is 1. The van der Waals surface area contributed by atoms with Gasteiger partial charge in [0.1, 0.15) is 11.3 Å². The van der Waals surface area contributed by atoms with Crippen LogP contribution in [0.5, 0.6) is 5.75 Å². The summed E-state index contributed by atoms with van der Waals surface area (Å²) in [4.78, 5) is 24.3. The van der Waals surface area contributed by atoms with Crippen LogP contribution in [-0.4, -0.2) is 30.6 Å². The first kappa shape index (κ1) is 15.4. The zero-order valence-electron chi connectivity index (χ0n) is 12.6. The maximum absolute atomic E-state index is 12.4. The summed E-state index contributed by atoms with van der Waals surface area (Å²) in [6.07, 6.45) is 1.21. The topological polar surface area (TPSA) is 64.6 Å². The maximum Gasteiger partial charge on any atom is 0.331 e. The number of hydrogen-bond donors (Lipinski definition) is 1. The Morgan fingerprint density at radius 1 is 1.43 bits per heavy atom. The Morgan fingerprint density at radius 3 is 2.76 bits per heavy atom. The van der Waals surface area contributed by atoms with Gasteiger partial charge in [0.15, 0.2) is 6.10 Å². The number of para-hydroxylation sites is 1. The molecule has 1 amide bonds. The lowest BCUT2D eigenvalue weighted by molar-refractivity contribution is -0.151. The van der Waals surface area contributed by atoms with Crippen LogP contribution in [0.3, 0.4) is 0 Å². The molecule has 0 aromatic heterocycles. The second-order valence-corrected chi connectivity index (χ2v) is 5.48. The van der Waals surface area contributed by atoms with Gasteiger partial charge in [-0.3, -0.25) is 4.79 Å². The minimum absolute atomic E-state index is 0.285. The van der Waals surface area contributed by atoms with Gasteiger partial charge in [-0.2, -0.15) is 0 Å². The van der Waals surface area contributed by atoms with E-state index in [0.29, 0.717) is 12.8 Å². The number of fused-ring (bicyclic) bond motifs is 1. The number of carbonyl (C=O) groups excluding carboxylic acids is 2. The summed E-state index contributed by atoms with van der Waals surface area (Å²) in [6, 6.07) is 7.56. The number of benzene rings is 1. The molecule has 5 heteroatoms. The molecule has 2 atom stereocenters. The molecule has 1 heterocycles. The van der Waals surface area contributed by atoms with Crippen LogP contribution in [0.4, 0.5) is 0 Å². The fourth-order valence-electron chi connectivity index (χ4n) is 2.62. The van der Waals surface area contributed by atoms with Crippen molar-refractivity contribution in [3.63, 3.8) is 0 Å². The average Bonchev–Trinajstić information content (AvgIpc) is 2.90. The quantitative estimate of drug-likeness (QED) is 0.841. The van der Waals surface area contributed by atoms with Gasteiger partial charge >= 0.3 is 5.97 Å². The third kappa shape index (κ3) is 3.17. The maximum atomic E-state index is 12.4.